The van der Waals surface area contributed by atoms with Crippen molar-refractivity contribution in [3.8, 4) is 0 Å². The van der Waals surface area contributed by atoms with Gasteiger partial charge in [0.15, 0.2) is 10.9 Å². The van der Waals surface area contributed by atoms with Crippen molar-refractivity contribution in [3.63, 3.8) is 0 Å². The van der Waals surface area contributed by atoms with Crippen molar-refractivity contribution in [1.82, 2.24) is 20.1 Å². The number of aryl methyl sites for hydroxylation is 1. The molecule has 3 aromatic rings. The summed E-state index contributed by atoms with van der Waals surface area (Å²) in [6, 6.07) is 8.62. The molecule has 0 atom stereocenters. The summed E-state index contributed by atoms with van der Waals surface area (Å²) in [5, 5.41) is 13.7. The van der Waals surface area contributed by atoms with Crippen molar-refractivity contribution >= 4 is 51.4 Å². The van der Waals surface area contributed by atoms with Crippen LogP contribution in [-0.4, -0.2) is 39.4 Å². The third kappa shape index (κ3) is 3.81. The second-order valence-electron chi connectivity index (χ2n) is 6.27. The summed E-state index contributed by atoms with van der Waals surface area (Å²) >= 11 is 3.08. The maximum Gasteiger partial charge on any atom is 0.191 e. The number of nitrogens with one attached hydrogen (secondary N) is 1. The van der Waals surface area contributed by atoms with Gasteiger partial charge in [0, 0.05) is 10.7 Å². The Labute approximate surface area is 167 Å². The SMILES string of the molecule is Cc1c(C(=O)CSc2nncn2C2CCNCC2)sc2ccccc12.Cl. The van der Waals surface area contributed by atoms with Gasteiger partial charge in [-0.15, -0.1) is 33.9 Å². The molecule has 1 N–H and O–H groups in total. The first-order chi connectivity index (χ1) is 12.2. The number of Topliss-reactive ketones (excluding diaryl/α,β-unsaturated/α-hetero) is 1. The van der Waals surface area contributed by atoms with Gasteiger partial charge in [0.1, 0.15) is 6.33 Å². The van der Waals surface area contributed by atoms with E-state index in [2.05, 4.69) is 32.2 Å². The van der Waals surface area contributed by atoms with Crippen molar-refractivity contribution in [1.29, 1.82) is 0 Å². The van der Waals surface area contributed by atoms with E-state index in [0.717, 1.165) is 41.5 Å². The number of hydrogen-bond acceptors (Lipinski definition) is 6. The molecule has 0 unspecified atom stereocenters. The van der Waals surface area contributed by atoms with Crippen LogP contribution in [0.5, 0.6) is 0 Å². The van der Waals surface area contributed by atoms with Crippen LogP contribution in [0.1, 0.15) is 34.1 Å². The number of thioether (sulfide) groups is 1. The lowest BCUT2D eigenvalue weighted by atomic mass is 10.1. The number of benzene rings is 1. The minimum Gasteiger partial charge on any atom is -0.317 e. The summed E-state index contributed by atoms with van der Waals surface area (Å²) in [5.74, 6) is 0.570. The lowest BCUT2D eigenvalue weighted by Crippen LogP contribution is -2.29. The van der Waals surface area contributed by atoms with Crippen molar-refractivity contribution in [3.05, 3.63) is 41.0 Å². The Balaban J connectivity index is 0.00000196. The van der Waals surface area contributed by atoms with E-state index in [9.17, 15) is 4.79 Å². The van der Waals surface area contributed by atoms with E-state index in [-0.39, 0.29) is 18.2 Å². The summed E-state index contributed by atoms with van der Waals surface area (Å²) in [6.45, 7) is 4.08. The zero-order valence-corrected chi connectivity index (χ0v) is 16.9. The molecule has 0 radical (unpaired) electrons. The largest absolute Gasteiger partial charge is 0.317 e. The monoisotopic (exact) mass is 408 g/mol. The fourth-order valence-corrected chi connectivity index (χ4v) is 5.40. The first kappa shape index (κ1) is 19.4. The average Bonchev–Trinajstić information content (AvgIpc) is 3.25. The second-order valence-corrected chi connectivity index (χ2v) is 8.26. The summed E-state index contributed by atoms with van der Waals surface area (Å²) < 4.78 is 3.31. The highest BCUT2D eigenvalue weighted by Crippen LogP contribution is 2.32. The molecule has 1 saturated heterocycles. The number of aromatic nitrogens is 3. The quantitative estimate of drug-likeness (QED) is 0.508. The lowest BCUT2D eigenvalue weighted by molar-refractivity contribution is 0.102. The minimum atomic E-state index is 0. The standard InChI is InChI=1S/C18H20N4OS2.ClH/c1-12-14-4-2-3-5-16(14)25-17(12)15(23)10-24-18-21-20-11-22(18)13-6-8-19-9-7-13;/h2-5,11,13,19H,6-10H2,1H3;1H. The third-order valence-electron chi connectivity index (χ3n) is 4.67. The average molecular weight is 409 g/mol. The van der Waals surface area contributed by atoms with Crippen LogP contribution >= 0.6 is 35.5 Å². The van der Waals surface area contributed by atoms with Gasteiger partial charge in [0.25, 0.3) is 0 Å². The van der Waals surface area contributed by atoms with Gasteiger partial charge in [-0.3, -0.25) is 4.79 Å². The van der Waals surface area contributed by atoms with Crippen LogP contribution in [-0.2, 0) is 0 Å². The molecule has 5 nitrogen and oxygen atoms in total. The number of carbonyl (C=O) groups excluding carboxylic acids is 1. The number of nitrogens with zero attached hydrogens (tertiary/aromatic N) is 3. The Hall–Kier alpha value is -1.41. The van der Waals surface area contributed by atoms with Crippen molar-refractivity contribution in [2.45, 2.75) is 31.0 Å². The molecule has 1 aliphatic heterocycles. The van der Waals surface area contributed by atoms with Crippen molar-refractivity contribution in [2.24, 2.45) is 0 Å². The molecule has 1 fully saturated rings. The molecule has 8 heteroatoms. The van der Waals surface area contributed by atoms with E-state index in [0.29, 0.717) is 11.8 Å². The Morgan fingerprint density at radius 1 is 1.35 bits per heavy atom. The van der Waals surface area contributed by atoms with Crippen molar-refractivity contribution in [2.75, 3.05) is 18.8 Å². The highest BCUT2D eigenvalue weighted by atomic mass is 35.5. The van der Waals surface area contributed by atoms with E-state index >= 15 is 0 Å². The zero-order chi connectivity index (χ0) is 17.2. The summed E-state index contributed by atoms with van der Waals surface area (Å²) in [7, 11) is 0. The second kappa shape index (κ2) is 8.52. The molecular formula is C18H21ClN4OS2. The van der Waals surface area contributed by atoms with E-state index in [1.165, 1.54) is 21.8 Å². The molecular weight excluding hydrogens is 388 g/mol. The smallest absolute Gasteiger partial charge is 0.191 e. The molecule has 1 aliphatic rings. The number of fused-ring (bicyclic) bond motifs is 1. The van der Waals surface area contributed by atoms with Crippen LogP contribution in [0.15, 0.2) is 35.7 Å². The number of rotatable bonds is 5. The van der Waals surface area contributed by atoms with E-state index in [4.69, 9.17) is 0 Å². The van der Waals surface area contributed by atoms with Gasteiger partial charge < -0.3 is 9.88 Å². The predicted octanol–water partition coefficient (Wildman–Crippen LogP) is 4.12. The zero-order valence-electron chi connectivity index (χ0n) is 14.5. The van der Waals surface area contributed by atoms with Crippen LogP contribution in [0.25, 0.3) is 10.1 Å². The Morgan fingerprint density at radius 3 is 2.88 bits per heavy atom. The predicted molar refractivity (Wildman–Crippen MR) is 110 cm³/mol. The fraction of sp³-hybridized carbons (Fsp3) is 0.389. The Bertz CT molecular complexity index is 902. The van der Waals surface area contributed by atoms with Crippen LogP contribution in [0.2, 0.25) is 0 Å². The molecule has 0 spiro atoms. The fourth-order valence-electron chi connectivity index (χ4n) is 3.31. The van der Waals surface area contributed by atoms with Crippen LogP contribution < -0.4 is 5.32 Å². The Kier molecular flexibility index (Phi) is 6.34. The highest BCUT2D eigenvalue weighted by Gasteiger charge is 2.20. The molecule has 2 aromatic heterocycles. The third-order valence-corrected chi connectivity index (χ3v) is 6.94. The molecule has 3 heterocycles. The maximum absolute atomic E-state index is 12.7. The molecule has 0 bridgehead atoms. The summed E-state index contributed by atoms with van der Waals surface area (Å²) in [4.78, 5) is 13.6. The van der Waals surface area contributed by atoms with Gasteiger partial charge in [0.2, 0.25) is 0 Å². The van der Waals surface area contributed by atoms with Crippen molar-refractivity contribution < 1.29 is 4.79 Å². The molecule has 4 rings (SSSR count). The topological polar surface area (TPSA) is 59.8 Å². The molecule has 1 aromatic carbocycles. The number of carbonyl (C=O) groups is 1. The van der Waals surface area contributed by atoms with E-state index < -0.39 is 0 Å². The first-order valence-electron chi connectivity index (χ1n) is 8.48. The molecule has 138 valence electrons. The normalized spacial score (nSPS) is 15.1. The minimum absolute atomic E-state index is 0. The van der Waals surface area contributed by atoms with Gasteiger partial charge in [-0.1, -0.05) is 30.0 Å². The Morgan fingerprint density at radius 2 is 2.12 bits per heavy atom. The van der Waals surface area contributed by atoms with Gasteiger partial charge in [0.05, 0.1) is 10.6 Å². The van der Waals surface area contributed by atoms with Gasteiger partial charge >= 0.3 is 0 Å². The van der Waals surface area contributed by atoms with Gasteiger partial charge in [-0.2, -0.15) is 0 Å². The van der Waals surface area contributed by atoms with Crippen LogP contribution in [0.3, 0.4) is 0 Å². The number of hydrogen-bond donors (Lipinski definition) is 1. The first-order valence-corrected chi connectivity index (χ1v) is 10.3. The van der Waals surface area contributed by atoms with Crippen LogP contribution in [0, 0.1) is 6.92 Å². The van der Waals surface area contributed by atoms with Gasteiger partial charge in [-0.25, -0.2) is 0 Å². The molecule has 0 saturated carbocycles. The van der Waals surface area contributed by atoms with Gasteiger partial charge in [-0.05, 0) is 49.9 Å². The number of piperidine rings is 1. The van der Waals surface area contributed by atoms with E-state index in [1.54, 1.807) is 17.7 Å². The molecule has 26 heavy (non-hydrogen) atoms. The number of ketones is 1. The maximum atomic E-state index is 12.7. The number of halogens is 1. The number of thiophene rings is 1. The van der Waals surface area contributed by atoms with E-state index in [1.807, 2.05) is 19.1 Å². The molecule has 0 amide bonds. The van der Waals surface area contributed by atoms with Crippen LogP contribution in [0.4, 0.5) is 0 Å². The molecule has 0 aliphatic carbocycles. The summed E-state index contributed by atoms with van der Waals surface area (Å²) in [5.41, 5.74) is 1.09. The lowest BCUT2D eigenvalue weighted by Gasteiger charge is -2.24. The highest BCUT2D eigenvalue weighted by molar-refractivity contribution is 7.99. The summed E-state index contributed by atoms with van der Waals surface area (Å²) in [6.07, 6.45) is 3.96.